The molecule has 0 bridgehead atoms. The molecular weight excluding hydrogens is 394 g/mol. The van der Waals surface area contributed by atoms with Crippen molar-refractivity contribution in [1.82, 2.24) is 4.98 Å². The number of carbonyl (C=O) groups is 2. The number of phenols is 1. The summed E-state index contributed by atoms with van der Waals surface area (Å²) in [6, 6.07) is 15.5. The van der Waals surface area contributed by atoms with Crippen molar-refractivity contribution in [1.29, 1.82) is 0 Å². The molecule has 0 atom stereocenters. The van der Waals surface area contributed by atoms with E-state index in [4.69, 9.17) is 0 Å². The van der Waals surface area contributed by atoms with Crippen LogP contribution in [0.4, 0.5) is 0 Å². The minimum Gasteiger partial charge on any atom is -0.507 e. The van der Waals surface area contributed by atoms with Gasteiger partial charge in [-0.15, -0.1) is 0 Å². The number of aromatic hydroxyl groups is 1. The Balaban J connectivity index is 1.93. The zero-order chi connectivity index (χ0) is 18.0. The van der Waals surface area contributed by atoms with Crippen LogP contribution in [0.1, 0.15) is 31.8 Å². The second kappa shape index (κ2) is 5.22. The van der Waals surface area contributed by atoms with Gasteiger partial charge in [-0.25, -0.2) is 4.98 Å². The third-order valence-corrected chi connectivity index (χ3v) is 5.22. The van der Waals surface area contributed by atoms with Crippen molar-refractivity contribution in [3.05, 3.63) is 81.3 Å². The van der Waals surface area contributed by atoms with Crippen molar-refractivity contribution in [2.75, 3.05) is 0 Å². The molecule has 0 fully saturated rings. The fraction of sp³-hybridized carbons (Fsp3) is 0. The van der Waals surface area contributed by atoms with Gasteiger partial charge in [-0.2, -0.15) is 0 Å². The van der Waals surface area contributed by atoms with Gasteiger partial charge in [0.15, 0.2) is 11.6 Å². The van der Waals surface area contributed by atoms with E-state index in [1.165, 1.54) is 6.07 Å². The monoisotopic (exact) mass is 403 g/mol. The molecule has 0 unspecified atom stereocenters. The number of fused-ring (bicyclic) bond motifs is 5. The van der Waals surface area contributed by atoms with E-state index >= 15 is 0 Å². The minimum absolute atomic E-state index is 0.0614. The van der Waals surface area contributed by atoms with E-state index in [-0.39, 0.29) is 28.4 Å². The number of rotatable bonds is 0. The highest BCUT2D eigenvalue weighted by atomic mass is 79.9. The normalized spacial score (nSPS) is 13.1. The van der Waals surface area contributed by atoms with Crippen molar-refractivity contribution >= 4 is 49.3 Å². The fourth-order valence-electron chi connectivity index (χ4n) is 3.52. The summed E-state index contributed by atoms with van der Waals surface area (Å²) in [5.41, 5.74) is 2.22. The van der Waals surface area contributed by atoms with Crippen LogP contribution in [0.2, 0.25) is 0 Å². The van der Waals surface area contributed by atoms with Crippen LogP contribution < -0.4 is 0 Å². The highest BCUT2D eigenvalue weighted by Gasteiger charge is 2.32. The van der Waals surface area contributed by atoms with E-state index in [1.807, 2.05) is 18.2 Å². The zero-order valence-electron chi connectivity index (χ0n) is 13.3. The van der Waals surface area contributed by atoms with Crippen LogP contribution in [0.15, 0.2) is 59.1 Å². The topological polar surface area (TPSA) is 67.3 Å². The van der Waals surface area contributed by atoms with Gasteiger partial charge in [0.2, 0.25) is 0 Å². The second-order valence-electron chi connectivity index (χ2n) is 6.24. The maximum Gasteiger partial charge on any atom is 0.196 e. The Labute approximate surface area is 156 Å². The van der Waals surface area contributed by atoms with Crippen molar-refractivity contribution in [3.8, 4) is 5.75 Å². The Morgan fingerprint density at radius 3 is 2.35 bits per heavy atom. The Bertz CT molecular complexity index is 1290. The summed E-state index contributed by atoms with van der Waals surface area (Å²) in [7, 11) is 0. The molecule has 1 aliphatic rings. The van der Waals surface area contributed by atoms with Gasteiger partial charge in [0.05, 0.1) is 16.6 Å². The Hall–Kier alpha value is -3.05. The molecule has 3 aromatic carbocycles. The Morgan fingerprint density at radius 2 is 1.58 bits per heavy atom. The Morgan fingerprint density at radius 1 is 0.846 bits per heavy atom. The lowest BCUT2D eigenvalue weighted by Gasteiger charge is -2.19. The predicted octanol–water partition coefficient (Wildman–Crippen LogP) is 4.63. The van der Waals surface area contributed by atoms with Crippen LogP contribution in [-0.2, 0) is 0 Å². The quantitative estimate of drug-likeness (QED) is 0.382. The maximum atomic E-state index is 13.1. The van der Waals surface area contributed by atoms with E-state index < -0.39 is 0 Å². The number of hydrogen-bond donors (Lipinski definition) is 1. The molecular formula is C21H10BrNO3. The van der Waals surface area contributed by atoms with Crippen LogP contribution in [-0.4, -0.2) is 21.7 Å². The van der Waals surface area contributed by atoms with Crippen LogP contribution in [0, 0.1) is 0 Å². The summed E-state index contributed by atoms with van der Waals surface area (Å²) in [6.07, 6.45) is 0. The average molecular weight is 404 g/mol. The summed E-state index contributed by atoms with van der Waals surface area (Å²) >= 11 is 3.42. The number of ketones is 2. The molecule has 26 heavy (non-hydrogen) atoms. The number of pyridine rings is 1. The lowest BCUT2D eigenvalue weighted by atomic mass is 9.82. The van der Waals surface area contributed by atoms with E-state index in [2.05, 4.69) is 20.9 Å². The number of phenolic OH excluding ortho intramolecular Hbond substituents is 1. The van der Waals surface area contributed by atoms with E-state index in [0.29, 0.717) is 27.5 Å². The first-order chi connectivity index (χ1) is 12.5. The molecule has 0 saturated heterocycles. The molecule has 5 heteroatoms. The maximum absolute atomic E-state index is 13.1. The Kier molecular flexibility index (Phi) is 3.06. The van der Waals surface area contributed by atoms with Crippen molar-refractivity contribution in [2.45, 2.75) is 0 Å². The van der Waals surface area contributed by atoms with Crippen molar-refractivity contribution < 1.29 is 14.7 Å². The van der Waals surface area contributed by atoms with E-state index in [1.54, 1.807) is 30.3 Å². The standard InChI is InChI=1S/C21H10BrNO3/c22-11-5-6-16-10(7-11)8-14-17(24)9-15-18(19(14)23-16)21(26)13-4-2-1-3-12(13)20(15)25/h1-9,24H. The molecule has 0 aliphatic heterocycles. The van der Waals surface area contributed by atoms with Crippen LogP contribution in [0.25, 0.3) is 21.8 Å². The fourth-order valence-corrected chi connectivity index (χ4v) is 3.89. The van der Waals surface area contributed by atoms with Crippen LogP contribution in [0.3, 0.4) is 0 Å². The largest absolute Gasteiger partial charge is 0.507 e. The number of hydrogen-bond acceptors (Lipinski definition) is 4. The molecule has 0 spiro atoms. The molecule has 5 rings (SSSR count). The minimum atomic E-state index is -0.273. The molecule has 4 aromatic rings. The molecule has 124 valence electrons. The van der Waals surface area contributed by atoms with Crippen molar-refractivity contribution in [2.24, 2.45) is 0 Å². The van der Waals surface area contributed by atoms with Crippen molar-refractivity contribution in [3.63, 3.8) is 0 Å². The molecule has 0 radical (unpaired) electrons. The molecule has 0 saturated carbocycles. The van der Waals surface area contributed by atoms with Gasteiger partial charge in [0.25, 0.3) is 0 Å². The second-order valence-corrected chi connectivity index (χ2v) is 7.16. The molecule has 0 amide bonds. The molecule has 1 aliphatic carbocycles. The summed E-state index contributed by atoms with van der Waals surface area (Å²) in [4.78, 5) is 30.5. The van der Waals surface area contributed by atoms with Crippen LogP contribution in [0.5, 0.6) is 5.75 Å². The lowest BCUT2D eigenvalue weighted by molar-refractivity contribution is 0.0980. The van der Waals surface area contributed by atoms with Gasteiger partial charge >= 0.3 is 0 Å². The number of benzene rings is 3. The number of carbonyl (C=O) groups excluding carboxylic acids is 2. The molecule has 1 aromatic heterocycles. The van der Waals surface area contributed by atoms with Gasteiger partial charge in [-0.1, -0.05) is 40.2 Å². The van der Waals surface area contributed by atoms with Gasteiger partial charge in [0, 0.05) is 31.9 Å². The van der Waals surface area contributed by atoms with Gasteiger partial charge < -0.3 is 5.11 Å². The van der Waals surface area contributed by atoms with Gasteiger partial charge in [-0.05, 0) is 30.3 Å². The average Bonchev–Trinajstić information content (AvgIpc) is 2.65. The summed E-state index contributed by atoms with van der Waals surface area (Å²) < 4.78 is 0.892. The first-order valence-electron chi connectivity index (χ1n) is 7.99. The van der Waals surface area contributed by atoms with E-state index in [0.717, 1.165) is 9.86 Å². The van der Waals surface area contributed by atoms with Gasteiger partial charge in [0.1, 0.15) is 5.75 Å². The SMILES string of the molecule is O=C1c2ccccc2C(=O)c2c1cc(O)c1cc3cc(Br)ccc3nc21. The highest BCUT2D eigenvalue weighted by Crippen LogP contribution is 2.37. The number of halogens is 1. The summed E-state index contributed by atoms with van der Waals surface area (Å²) in [6.45, 7) is 0. The smallest absolute Gasteiger partial charge is 0.196 e. The molecule has 1 heterocycles. The van der Waals surface area contributed by atoms with E-state index in [9.17, 15) is 14.7 Å². The summed E-state index contributed by atoms with van der Waals surface area (Å²) in [5.74, 6) is -0.581. The predicted molar refractivity (Wildman–Crippen MR) is 102 cm³/mol. The lowest BCUT2D eigenvalue weighted by Crippen LogP contribution is -2.21. The molecule has 4 nitrogen and oxygen atoms in total. The summed E-state index contributed by atoms with van der Waals surface area (Å²) in [5, 5.41) is 11.8. The van der Waals surface area contributed by atoms with Gasteiger partial charge in [-0.3, -0.25) is 9.59 Å². The zero-order valence-corrected chi connectivity index (χ0v) is 14.9. The first kappa shape index (κ1) is 15.2. The highest BCUT2D eigenvalue weighted by molar-refractivity contribution is 9.10. The molecule has 1 N–H and O–H groups in total. The third kappa shape index (κ3) is 1.98. The first-order valence-corrected chi connectivity index (χ1v) is 8.78. The number of nitrogens with zero attached hydrogens (tertiary/aromatic N) is 1. The third-order valence-electron chi connectivity index (χ3n) is 4.73. The number of aromatic nitrogens is 1. The van der Waals surface area contributed by atoms with Crippen LogP contribution >= 0.6 is 15.9 Å².